The Labute approximate surface area is 88.4 Å². The molecule has 0 fully saturated rings. The first-order valence-corrected chi connectivity index (χ1v) is 4.93. The summed E-state index contributed by atoms with van der Waals surface area (Å²) in [5, 5.41) is 0. The average Bonchev–Trinajstić information content (AvgIpc) is 2.07. The summed E-state index contributed by atoms with van der Waals surface area (Å²) < 4.78 is 0. The van der Waals surface area contributed by atoms with Gasteiger partial charge in [0.05, 0.1) is 5.88 Å². The summed E-state index contributed by atoms with van der Waals surface area (Å²) in [5.41, 5.74) is 1.32. The van der Waals surface area contributed by atoms with E-state index in [9.17, 15) is 0 Å². The molecule has 0 aliphatic carbocycles. The van der Waals surface area contributed by atoms with Crippen molar-refractivity contribution >= 4 is 34.8 Å². The molecule has 0 radical (unpaired) electrons. The van der Waals surface area contributed by atoms with E-state index in [1.54, 1.807) is 0 Å². The van der Waals surface area contributed by atoms with Crippen LogP contribution >= 0.6 is 34.8 Å². The Morgan fingerprint density at radius 3 is 1.75 bits per heavy atom. The van der Waals surface area contributed by atoms with Crippen molar-refractivity contribution in [3.8, 4) is 0 Å². The monoisotopic (exact) mass is 224 g/mol. The smallest absolute Gasteiger partial charge is 0.121 e. The van der Waals surface area contributed by atoms with Crippen molar-refractivity contribution in [3.05, 3.63) is 35.9 Å². The molecule has 0 N–H and O–H groups in total. The Morgan fingerprint density at radius 1 is 1.17 bits per heavy atom. The molecule has 0 atom stereocenters. The second-order valence-corrected chi connectivity index (χ2v) is 3.79. The summed E-state index contributed by atoms with van der Waals surface area (Å²) in [5.74, 6) is 0.309. The number of hydrogen-bond acceptors (Lipinski definition) is 0. The molecule has 0 aliphatic rings. The molecule has 0 aliphatic heterocycles. The predicted molar refractivity (Wildman–Crippen MR) is 57.4 cm³/mol. The molecule has 1 rings (SSSR count). The normalized spacial score (nSPS) is 9.08. The van der Waals surface area contributed by atoms with E-state index in [-0.39, 0.29) is 0 Å². The third-order valence-corrected chi connectivity index (χ3v) is 1.99. The number of halogens is 3. The van der Waals surface area contributed by atoms with Crippen LogP contribution in [0.1, 0.15) is 5.56 Å². The summed E-state index contributed by atoms with van der Waals surface area (Å²) in [4.78, 5) is -0.406. The standard InChI is InChI=1S/C7H8.C2H3Cl3/c1-7-5-3-2-4-6-7;3-1-2(4)5/h2-6H,1H3;2H,1H2. The van der Waals surface area contributed by atoms with E-state index in [0.29, 0.717) is 5.88 Å². The van der Waals surface area contributed by atoms with Gasteiger partial charge in [0, 0.05) is 0 Å². The molecule has 0 aromatic heterocycles. The van der Waals surface area contributed by atoms with Gasteiger partial charge in [-0.15, -0.1) is 34.8 Å². The van der Waals surface area contributed by atoms with Crippen LogP contribution < -0.4 is 0 Å². The molecule has 68 valence electrons. The number of alkyl halides is 3. The van der Waals surface area contributed by atoms with Crippen molar-refractivity contribution < 1.29 is 0 Å². The quantitative estimate of drug-likeness (QED) is 0.633. The van der Waals surface area contributed by atoms with Crippen LogP contribution in [-0.2, 0) is 0 Å². The molecule has 3 heteroatoms. The topological polar surface area (TPSA) is 0 Å². The average molecular weight is 226 g/mol. The lowest BCUT2D eigenvalue weighted by Gasteiger charge is -1.82. The molecule has 0 saturated carbocycles. The van der Waals surface area contributed by atoms with Crippen LogP contribution in [0, 0.1) is 6.92 Å². The predicted octanol–water partition coefficient (Wildman–Crippen LogP) is 4.02. The van der Waals surface area contributed by atoms with E-state index in [4.69, 9.17) is 34.8 Å². The molecular formula is C9H11Cl3. The van der Waals surface area contributed by atoms with Gasteiger partial charge in [-0.2, -0.15) is 0 Å². The molecule has 12 heavy (non-hydrogen) atoms. The number of hydrogen-bond donors (Lipinski definition) is 0. The molecule has 0 heterocycles. The summed E-state index contributed by atoms with van der Waals surface area (Å²) in [6.07, 6.45) is 0. The molecule has 0 unspecified atom stereocenters. The number of rotatable bonds is 1. The zero-order chi connectivity index (χ0) is 9.40. The first-order valence-electron chi connectivity index (χ1n) is 3.52. The Kier molecular flexibility index (Phi) is 7.78. The van der Waals surface area contributed by atoms with Crippen molar-refractivity contribution in [2.45, 2.75) is 11.8 Å². The Morgan fingerprint density at radius 2 is 1.58 bits per heavy atom. The van der Waals surface area contributed by atoms with Gasteiger partial charge in [-0.1, -0.05) is 35.9 Å². The first-order chi connectivity index (χ1) is 5.66. The van der Waals surface area contributed by atoms with Gasteiger partial charge in [-0.3, -0.25) is 0 Å². The molecule has 1 aromatic carbocycles. The van der Waals surface area contributed by atoms with Gasteiger partial charge in [0.15, 0.2) is 0 Å². The number of aryl methyl sites for hydroxylation is 1. The molecule has 1 aromatic rings. The molecule has 0 saturated heterocycles. The highest BCUT2D eigenvalue weighted by Crippen LogP contribution is 2.01. The van der Waals surface area contributed by atoms with Crippen molar-refractivity contribution in [3.63, 3.8) is 0 Å². The lowest BCUT2D eigenvalue weighted by atomic mass is 10.2. The minimum atomic E-state index is -0.406. The van der Waals surface area contributed by atoms with Gasteiger partial charge in [0.2, 0.25) is 0 Å². The zero-order valence-corrected chi connectivity index (χ0v) is 9.07. The summed E-state index contributed by atoms with van der Waals surface area (Å²) >= 11 is 15.3. The van der Waals surface area contributed by atoms with Gasteiger partial charge in [-0.25, -0.2) is 0 Å². The highest BCUT2D eigenvalue weighted by molar-refractivity contribution is 6.47. The van der Waals surface area contributed by atoms with E-state index >= 15 is 0 Å². The van der Waals surface area contributed by atoms with Gasteiger partial charge >= 0.3 is 0 Å². The van der Waals surface area contributed by atoms with Crippen LogP contribution in [0.15, 0.2) is 30.3 Å². The van der Waals surface area contributed by atoms with E-state index in [0.717, 1.165) is 0 Å². The minimum absolute atomic E-state index is 0.309. The van der Waals surface area contributed by atoms with Crippen LogP contribution in [0.25, 0.3) is 0 Å². The van der Waals surface area contributed by atoms with Gasteiger partial charge in [0.1, 0.15) is 4.84 Å². The zero-order valence-electron chi connectivity index (χ0n) is 6.81. The van der Waals surface area contributed by atoms with Crippen LogP contribution in [0.5, 0.6) is 0 Å². The lowest BCUT2D eigenvalue weighted by molar-refractivity contribution is 1.40. The second-order valence-electron chi connectivity index (χ2n) is 2.20. The Bertz CT molecular complexity index is 184. The van der Waals surface area contributed by atoms with Gasteiger partial charge in [0.25, 0.3) is 0 Å². The molecule has 0 spiro atoms. The van der Waals surface area contributed by atoms with Crippen molar-refractivity contribution in [2.75, 3.05) is 5.88 Å². The van der Waals surface area contributed by atoms with E-state index in [1.165, 1.54) is 5.56 Å². The van der Waals surface area contributed by atoms with Gasteiger partial charge in [-0.05, 0) is 6.92 Å². The highest BCUT2D eigenvalue weighted by atomic mass is 35.5. The molecular weight excluding hydrogens is 214 g/mol. The number of benzene rings is 1. The van der Waals surface area contributed by atoms with Crippen LogP contribution in [0.4, 0.5) is 0 Å². The van der Waals surface area contributed by atoms with Crippen molar-refractivity contribution in [2.24, 2.45) is 0 Å². The fourth-order valence-corrected chi connectivity index (χ4v) is 0.534. The summed E-state index contributed by atoms with van der Waals surface area (Å²) in [6, 6.07) is 10.3. The van der Waals surface area contributed by atoms with Crippen LogP contribution in [0.2, 0.25) is 0 Å². The molecule has 0 amide bonds. The lowest BCUT2D eigenvalue weighted by Crippen LogP contribution is -1.82. The second kappa shape index (κ2) is 7.72. The Balaban J connectivity index is 0.000000217. The van der Waals surface area contributed by atoms with Gasteiger partial charge < -0.3 is 0 Å². The van der Waals surface area contributed by atoms with Crippen molar-refractivity contribution in [1.29, 1.82) is 0 Å². The first kappa shape index (κ1) is 12.1. The Hall–Kier alpha value is 0.0900. The maximum atomic E-state index is 5.10. The largest absolute Gasteiger partial charge is 0.124 e. The molecule has 0 bridgehead atoms. The third-order valence-electron chi connectivity index (χ3n) is 1.06. The minimum Gasteiger partial charge on any atom is -0.124 e. The fraction of sp³-hybridized carbons (Fsp3) is 0.333. The maximum absolute atomic E-state index is 5.10. The van der Waals surface area contributed by atoms with Crippen LogP contribution in [-0.4, -0.2) is 10.7 Å². The summed E-state index contributed by atoms with van der Waals surface area (Å²) in [6.45, 7) is 2.08. The van der Waals surface area contributed by atoms with E-state index in [1.807, 2.05) is 18.2 Å². The van der Waals surface area contributed by atoms with Crippen LogP contribution in [0.3, 0.4) is 0 Å². The summed E-state index contributed by atoms with van der Waals surface area (Å²) in [7, 11) is 0. The SMILES string of the molecule is Cc1ccccc1.ClCC(Cl)Cl. The van der Waals surface area contributed by atoms with E-state index < -0.39 is 4.84 Å². The fourth-order valence-electron chi connectivity index (χ4n) is 0.534. The highest BCUT2D eigenvalue weighted by Gasteiger charge is 1.88. The third kappa shape index (κ3) is 8.19. The van der Waals surface area contributed by atoms with Crippen molar-refractivity contribution in [1.82, 2.24) is 0 Å². The maximum Gasteiger partial charge on any atom is 0.121 e. The molecule has 0 nitrogen and oxygen atoms in total. The van der Waals surface area contributed by atoms with E-state index in [2.05, 4.69) is 19.1 Å².